The van der Waals surface area contributed by atoms with Crippen LogP contribution >= 0.6 is 0 Å². The molecule has 0 aromatic heterocycles. The number of hydrogen-bond acceptors (Lipinski definition) is 3. The van der Waals surface area contributed by atoms with E-state index >= 15 is 0 Å². The number of likely N-dealkylation sites (tertiary alicyclic amines) is 1. The van der Waals surface area contributed by atoms with Crippen LogP contribution in [0.3, 0.4) is 0 Å². The van der Waals surface area contributed by atoms with Gasteiger partial charge >= 0.3 is 0 Å². The Morgan fingerprint density at radius 1 is 0.944 bits per heavy atom. The predicted molar refractivity (Wildman–Crippen MR) is 73.4 cm³/mol. The summed E-state index contributed by atoms with van der Waals surface area (Å²) in [6.45, 7) is 4.26. The van der Waals surface area contributed by atoms with Gasteiger partial charge in [0.15, 0.2) is 0 Å². The van der Waals surface area contributed by atoms with E-state index in [-0.39, 0.29) is 0 Å². The first kappa shape index (κ1) is 13.2. The zero-order valence-corrected chi connectivity index (χ0v) is 11.2. The van der Waals surface area contributed by atoms with Crippen molar-refractivity contribution in [3.05, 3.63) is 24.3 Å². The van der Waals surface area contributed by atoms with E-state index in [1.54, 1.807) is 7.11 Å². The van der Waals surface area contributed by atoms with Crippen LogP contribution in [0, 0.1) is 0 Å². The summed E-state index contributed by atoms with van der Waals surface area (Å²) in [4.78, 5) is 2.51. The first-order valence-electron chi connectivity index (χ1n) is 6.88. The summed E-state index contributed by atoms with van der Waals surface area (Å²) in [6.07, 6.45) is 5.44. The Morgan fingerprint density at radius 3 is 2.17 bits per heavy atom. The number of nitrogens with zero attached hydrogens (tertiary/aromatic N) is 1. The van der Waals surface area contributed by atoms with Crippen LogP contribution in [-0.2, 0) is 0 Å². The van der Waals surface area contributed by atoms with Crippen molar-refractivity contribution in [2.24, 2.45) is 0 Å². The van der Waals surface area contributed by atoms with Gasteiger partial charge in [0.25, 0.3) is 0 Å². The predicted octanol–water partition coefficient (Wildman–Crippen LogP) is 2.95. The summed E-state index contributed by atoms with van der Waals surface area (Å²) >= 11 is 0. The van der Waals surface area contributed by atoms with Gasteiger partial charge in [-0.2, -0.15) is 0 Å². The Balaban J connectivity index is 1.70. The van der Waals surface area contributed by atoms with Crippen LogP contribution in [0.1, 0.15) is 25.7 Å². The molecule has 1 aliphatic rings. The second-order valence-corrected chi connectivity index (χ2v) is 4.78. The lowest BCUT2D eigenvalue weighted by atomic mass is 10.2. The van der Waals surface area contributed by atoms with Gasteiger partial charge in [-0.05, 0) is 50.2 Å². The second kappa shape index (κ2) is 7.27. The van der Waals surface area contributed by atoms with Crippen molar-refractivity contribution in [1.82, 2.24) is 4.90 Å². The highest BCUT2D eigenvalue weighted by Gasteiger charge is 2.08. The van der Waals surface area contributed by atoms with Crippen molar-refractivity contribution in [2.75, 3.05) is 33.4 Å². The molecule has 0 N–H and O–H groups in total. The van der Waals surface area contributed by atoms with Crippen molar-refractivity contribution in [1.29, 1.82) is 0 Å². The summed E-state index contributed by atoms with van der Waals surface area (Å²) in [5.74, 6) is 1.79. The second-order valence-electron chi connectivity index (χ2n) is 4.78. The minimum atomic E-state index is 0.770. The standard InChI is InChI=1S/C15H23NO2/c1-17-14-6-8-15(9-7-14)18-13-12-16-10-4-2-3-5-11-16/h6-9H,2-5,10-13H2,1H3. The monoisotopic (exact) mass is 249 g/mol. The van der Waals surface area contributed by atoms with Gasteiger partial charge in [-0.15, -0.1) is 0 Å². The van der Waals surface area contributed by atoms with Crippen LogP contribution in [0.2, 0.25) is 0 Å². The lowest BCUT2D eigenvalue weighted by molar-refractivity contribution is 0.214. The number of ether oxygens (including phenoxy) is 2. The lowest BCUT2D eigenvalue weighted by Gasteiger charge is -2.19. The van der Waals surface area contributed by atoms with Gasteiger partial charge in [0.05, 0.1) is 7.11 Å². The Bertz CT molecular complexity index is 329. The van der Waals surface area contributed by atoms with Crippen molar-refractivity contribution in [3.63, 3.8) is 0 Å². The summed E-state index contributed by atoms with van der Waals surface area (Å²) in [5.41, 5.74) is 0. The van der Waals surface area contributed by atoms with Crippen molar-refractivity contribution in [3.8, 4) is 11.5 Å². The van der Waals surface area contributed by atoms with Crippen LogP contribution in [0.5, 0.6) is 11.5 Å². The van der Waals surface area contributed by atoms with E-state index in [1.165, 1.54) is 38.8 Å². The van der Waals surface area contributed by atoms with E-state index in [2.05, 4.69) is 4.90 Å². The molecule has 0 saturated carbocycles. The van der Waals surface area contributed by atoms with Gasteiger partial charge in [0.2, 0.25) is 0 Å². The summed E-state index contributed by atoms with van der Waals surface area (Å²) in [5, 5.41) is 0. The summed E-state index contributed by atoms with van der Waals surface area (Å²) < 4.78 is 10.9. The molecule has 0 amide bonds. The molecular weight excluding hydrogens is 226 g/mol. The molecule has 0 aliphatic carbocycles. The molecule has 1 saturated heterocycles. The zero-order valence-electron chi connectivity index (χ0n) is 11.2. The smallest absolute Gasteiger partial charge is 0.119 e. The molecule has 0 atom stereocenters. The van der Waals surface area contributed by atoms with Gasteiger partial charge in [0.1, 0.15) is 18.1 Å². The minimum absolute atomic E-state index is 0.770. The van der Waals surface area contributed by atoms with E-state index in [0.29, 0.717) is 0 Å². The lowest BCUT2D eigenvalue weighted by Crippen LogP contribution is -2.29. The topological polar surface area (TPSA) is 21.7 Å². The molecule has 1 aromatic carbocycles. The third-order valence-corrected chi connectivity index (χ3v) is 3.43. The average Bonchev–Trinajstić information content (AvgIpc) is 2.68. The third kappa shape index (κ3) is 4.22. The number of hydrogen-bond donors (Lipinski definition) is 0. The maximum Gasteiger partial charge on any atom is 0.119 e. The van der Waals surface area contributed by atoms with Crippen LogP contribution in [-0.4, -0.2) is 38.3 Å². The van der Waals surface area contributed by atoms with E-state index in [1.807, 2.05) is 24.3 Å². The Morgan fingerprint density at radius 2 is 1.56 bits per heavy atom. The maximum absolute atomic E-state index is 5.75. The van der Waals surface area contributed by atoms with Crippen molar-refractivity contribution < 1.29 is 9.47 Å². The molecule has 2 rings (SSSR count). The fourth-order valence-corrected chi connectivity index (χ4v) is 2.32. The largest absolute Gasteiger partial charge is 0.497 e. The highest BCUT2D eigenvalue weighted by Crippen LogP contribution is 2.17. The van der Waals surface area contributed by atoms with Gasteiger partial charge in [0, 0.05) is 6.54 Å². The fraction of sp³-hybridized carbons (Fsp3) is 0.600. The molecule has 0 spiro atoms. The van der Waals surface area contributed by atoms with Gasteiger partial charge in [-0.3, -0.25) is 4.90 Å². The molecule has 0 unspecified atom stereocenters. The molecule has 1 aliphatic heterocycles. The van der Waals surface area contributed by atoms with Crippen molar-refractivity contribution in [2.45, 2.75) is 25.7 Å². The van der Waals surface area contributed by atoms with Gasteiger partial charge < -0.3 is 9.47 Å². The molecular formula is C15H23NO2. The van der Waals surface area contributed by atoms with Crippen LogP contribution < -0.4 is 9.47 Å². The van der Waals surface area contributed by atoms with E-state index in [9.17, 15) is 0 Å². The first-order chi connectivity index (χ1) is 8.88. The van der Waals surface area contributed by atoms with Crippen molar-refractivity contribution >= 4 is 0 Å². The Labute approximate surface area is 110 Å². The Hall–Kier alpha value is -1.22. The highest BCUT2D eigenvalue weighted by molar-refractivity contribution is 5.31. The first-order valence-corrected chi connectivity index (χ1v) is 6.88. The molecule has 0 bridgehead atoms. The molecule has 18 heavy (non-hydrogen) atoms. The number of benzene rings is 1. The number of rotatable bonds is 5. The van der Waals surface area contributed by atoms with E-state index in [0.717, 1.165) is 24.7 Å². The maximum atomic E-state index is 5.75. The third-order valence-electron chi connectivity index (χ3n) is 3.43. The van der Waals surface area contributed by atoms with Gasteiger partial charge in [-0.1, -0.05) is 12.8 Å². The molecule has 3 heteroatoms. The normalized spacial score (nSPS) is 17.2. The quantitative estimate of drug-likeness (QED) is 0.801. The van der Waals surface area contributed by atoms with E-state index in [4.69, 9.17) is 9.47 Å². The van der Waals surface area contributed by atoms with Crippen LogP contribution in [0.4, 0.5) is 0 Å². The van der Waals surface area contributed by atoms with E-state index < -0.39 is 0 Å². The fourth-order valence-electron chi connectivity index (χ4n) is 2.32. The zero-order chi connectivity index (χ0) is 12.6. The average molecular weight is 249 g/mol. The molecule has 1 heterocycles. The molecule has 100 valence electrons. The molecule has 3 nitrogen and oxygen atoms in total. The van der Waals surface area contributed by atoms with Gasteiger partial charge in [-0.25, -0.2) is 0 Å². The molecule has 1 aromatic rings. The summed E-state index contributed by atoms with van der Waals surface area (Å²) in [7, 11) is 1.68. The number of methoxy groups -OCH3 is 1. The minimum Gasteiger partial charge on any atom is -0.497 e. The highest BCUT2D eigenvalue weighted by atomic mass is 16.5. The molecule has 0 radical (unpaired) electrons. The summed E-state index contributed by atoms with van der Waals surface area (Å²) in [6, 6.07) is 7.78. The SMILES string of the molecule is COc1ccc(OCCN2CCCCCC2)cc1. The Kier molecular flexibility index (Phi) is 5.34. The van der Waals surface area contributed by atoms with Crippen LogP contribution in [0.15, 0.2) is 24.3 Å². The molecule has 1 fully saturated rings. The van der Waals surface area contributed by atoms with Crippen LogP contribution in [0.25, 0.3) is 0 Å².